The molecule has 361 valence electrons. The number of aromatic nitrogens is 6. The molecule has 9 aromatic rings. The molecule has 3 radical (unpaired) electrons. The van der Waals surface area contributed by atoms with Gasteiger partial charge in [-0.3, -0.25) is 29.5 Å². The van der Waals surface area contributed by atoms with Crippen LogP contribution in [0.15, 0.2) is 163 Å². The molecule has 0 amide bonds. The number of aryl methyl sites for hydroxylation is 1. The molecule has 10 rings (SSSR count). The van der Waals surface area contributed by atoms with E-state index in [1.165, 1.54) is 52.4 Å². The van der Waals surface area contributed by atoms with Crippen molar-refractivity contribution < 1.29 is 47.0 Å². The summed E-state index contributed by atoms with van der Waals surface area (Å²) >= 11 is 14.5. The zero-order chi connectivity index (χ0) is 48.9. The van der Waals surface area contributed by atoms with Crippen LogP contribution in [-0.2, 0) is 22.4 Å². The normalized spacial score (nSPS) is 10.9. The standard InChI is InChI=1S/C15H13N3OS.C10H8BrN.C10H9NO.C10H7NO.C4H8O.C2H6.B.Br3P.ClH.Na.H/c1-10-6-14(19)18-15(17-10)20-9-12-8-16-7-11-4-2-3-5-13(11)12;11-5-9-7-12-6-8-3-1-2-4-10(8)9;2*12-7-9-6-11-5-8-3-1-2-4-10(8)9;1-2-4-5-3-1;1-2;;1-4(2)3;;;/h2-8H,9H2,1H3,(H,17,18,19);1-4,6-7H,5H2;1-6,12H,7H2;1-7H;1-4H2;1-2H3;;;1H;;/q;;;;;;;;;+1;-1/i;;;;;1D;;;;;. The fraction of sp³-hybridized carbons (Fsp3) is 0.196. The maximum atomic E-state index is 11.4. The van der Waals surface area contributed by atoms with Crippen LogP contribution in [0.3, 0.4) is 0 Å². The third-order valence-corrected chi connectivity index (χ3v) is 11.0. The average molecular weight is 1270 g/mol. The molecule has 1 saturated heterocycles. The molecule has 0 bridgehead atoms. The molecule has 10 nitrogen and oxygen atoms in total. The molecule has 19 heteroatoms. The summed E-state index contributed by atoms with van der Waals surface area (Å²) < 4.78 is 11.0. The van der Waals surface area contributed by atoms with Crippen molar-refractivity contribution >= 4 is 148 Å². The number of halogens is 5. The number of aldehydes is 1. The number of alkyl halides is 1. The average Bonchev–Trinajstić information content (AvgIpc) is 3.97. The minimum Gasteiger partial charge on any atom is -1.00 e. The van der Waals surface area contributed by atoms with E-state index >= 15 is 0 Å². The number of aliphatic hydroxyl groups is 1. The van der Waals surface area contributed by atoms with Crippen LogP contribution in [0.5, 0.6) is 0 Å². The van der Waals surface area contributed by atoms with E-state index in [0.717, 1.165) is 74.3 Å². The summed E-state index contributed by atoms with van der Waals surface area (Å²) in [5.74, 6) is 0.723. The fourth-order valence-corrected chi connectivity index (χ4v) is 7.75. The van der Waals surface area contributed by atoms with Crippen LogP contribution in [-0.4, -0.2) is 62.9 Å². The molecular weight excluding hydrogens is 1210 g/mol. The number of aromatic amines is 1. The van der Waals surface area contributed by atoms with E-state index in [9.17, 15) is 9.59 Å². The Morgan fingerprint density at radius 3 is 1.56 bits per heavy atom. The first-order valence-electron chi connectivity index (χ1n) is 21.6. The third kappa shape index (κ3) is 22.4. The van der Waals surface area contributed by atoms with Gasteiger partial charge in [0.25, 0.3) is 5.56 Å². The number of H-pyrrole nitrogens is 1. The fourth-order valence-electron chi connectivity index (χ4n) is 6.39. The summed E-state index contributed by atoms with van der Waals surface area (Å²) in [5, 5.41) is 19.4. The van der Waals surface area contributed by atoms with Gasteiger partial charge < -0.3 is 16.3 Å². The summed E-state index contributed by atoms with van der Waals surface area (Å²) in [6, 6.07) is 33.5. The number of carbonyl (C=O) groups excluding carboxylic acids is 1. The van der Waals surface area contributed by atoms with Gasteiger partial charge in [-0.15, -0.1) is 12.4 Å². The number of hydrogen-bond acceptors (Lipinski definition) is 10. The Hall–Kier alpha value is -2.96. The third-order valence-electron chi connectivity index (χ3n) is 9.43. The van der Waals surface area contributed by atoms with Crippen molar-refractivity contribution in [3.63, 3.8) is 0 Å². The molecule has 5 aromatic heterocycles. The van der Waals surface area contributed by atoms with E-state index in [1.807, 2.05) is 105 Å². The van der Waals surface area contributed by atoms with Gasteiger partial charge in [0.15, 0.2) is 11.4 Å². The molecule has 0 spiro atoms. The van der Waals surface area contributed by atoms with Gasteiger partial charge in [0, 0.05) is 128 Å². The van der Waals surface area contributed by atoms with Crippen molar-refractivity contribution in [3.8, 4) is 0 Å². The Kier molecular flexibility index (Phi) is 34.1. The summed E-state index contributed by atoms with van der Waals surface area (Å²) in [4.78, 5) is 45.4. The van der Waals surface area contributed by atoms with Crippen molar-refractivity contribution in [1.29, 1.82) is 0 Å². The van der Waals surface area contributed by atoms with Crippen LogP contribution in [0, 0.1) is 6.92 Å². The van der Waals surface area contributed by atoms with E-state index in [2.05, 4.69) is 117 Å². The number of aliphatic hydroxyl groups excluding tert-OH is 1. The number of ether oxygens (including phenoxy) is 1. The van der Waals surface area contributed by atoms with Crippen LogP contribution in [0.4, 0.5) is 0 Å². The topological polar surface area (TPSA) is 144 Å². The molecule has 4 aromatic carbocycles. The largest absolute Gasteiger partial charge is 1.00 e. The number of fused-ring (bicyclic) bond motifs is 4. The smallest absolute Gasteiger partial charge is 1.00 e. The number of nitrogens with zero attached hydrogens (tertiary/aromatic N) is 5. The minimum absolute atomic E-state index is 0. The van der Waals surface area contributed by atoms with Gasteiger partial charge in [-0.25, -0.2) is 4.98 Å². The van der Waals surface area contributed by atoms with Crippen LogP contribution >= 0.6 is 90.6 Å². The van der Waals surface area contributed by atoms with Gasteiger partial charge >= 0.3 is 29.6 Å². The predicted molar refractivity (Wildman–Crippen MR) is 309 cm³/mol. The number of pyridine rings is 4. The van der Waals surface area contributed by atoms with Crippen molar-refractivity contribution in [2.24, 2.45) is 0 Å². The molecule has 1 aliphatic rings. The first-order valence-corrected chi connectivity index (χ1v) is 30.4. The molecule has 0 atom stereocenters. The van der Waals surface area contributed by atoms with Gasteiger partial charge in [0.2, 0.25) is 0 Å². The van der Waals surface area contributed by atoms with E-state index in [0.29, 0.717) is 17.6 Å². The van der Waals surface area contributed by atoms with Crippen molar-refractivity contribution in [3.05, 3.63) is 191 Å². The van der Waals surface area contributed by atoms with Gasteiger partial charge in [0.05, 0.1) is 6.61 Å². The Morgan fingerprint density at radius 1 is 0.729 bits per heavy atom. The molecular formula is C51H53BBr4ClN6NaO4PS. The monoisotopic (exact) mass is 1260 g/mol. The van der Waals surface area contributed by atoms with E-state index < -0.39 is 0 Å². The zero-order valence-corrected chi connectivity index (χ0v) is 49.8. The molecule has 1 aliphatic heterocycles. The predicted octanol–water partition coefficient (Wildman–Crippen LogP) is 12.2. The summed E-state index contributed by atoms with van der Waals surface area (Å²) in [7, 11) is 0. The van der Waals surface area contributed by atoms with E-state index in [-0.39, 0.29) is 68.0 Å². The quantitative estimate of drug-likeness (QED) is 0.0412. The van der Waals surface area contributed by atoms with Crippen LogP contribution in [0.2, 0.25) is 0 Å². The Labute approximate surface area is 481 Å². The summed E-state index contributed by atoms with van der Waals surface area (Å²) in [6.07, 6.45) is 17.7. The van der Waals surface area contributed by atoms with E-state index in [1.54, 1.807) is 31.7 Å². The molecule has 0 aliphatic carbocycles. The van der Waals surface area contributed by atoms with Gasteiger partial charge in [-0.2, -0.15) is 0 Å². The van der Waals surface area contributed by atoms with Gasteiger partial charge in [-0.1, -0.05) is 139 Å². The minimum atomic E-state index is -0.183. The number of thioether (sulfide) groups is 1. The molecule has 0 saturated carbocycles. The molecule has 2 N–H and O–H groups in total. The molecule has 70 heavy (non-hydrogen) atoms. The second kappa shape index (κ2) is 37.7. The van der Waals surface area contributed by atoms with Crippen molar-refractivity contribution in [2.45, 2.75) is 56.4 Å². The maximum Gasteiger partial charge on any atom is 1.00 e. The van der Waals surface area contributed by atoms with Crippen LogP contribution < -0.4 is 35.1 Å². The second-order valence-corrected chi connectivity index (χ2v) is 30.8. The molecule has 0 unspecified atom stereocenters. The number of hydrogen-bond donors (Lipinski definition) is 2. The van der Waals surface area contributed by atoms with Crippen LogP contribution in [0.25, 0.3) is 43.1 Å². The first-order chi connectivity index (χ1) is 33.1. The first kappa shape index (κ1) is 63.2. The number of benzene rings is 4. The Bertz CT molecular complexity index is 2890. The molecule has 6 heterocycles. The Balaban J connectivity index is 0.000000867. The Morgan fingerprint density at radius 2 is 1.13 bits per heavy atom. The molecule has 1 fully saturated rings. The SMILES string of the molecule is BrCc1cncc2ccccc12.BrP(Br)Br.C1CCOC1.Cc1cc(=O)[nH]c(SCc2cncc3ccccc23)n1.Cl.O=Cc1cncc2ccccc12.OCc1cncc2ccccc12.[2H]CC.[B].[H-].[Na+]. The van der Waals surface area contributed by atoms with E-state index in [4.69, 9.17) is 11.2 Å². The van der Waals surface area contributed by atoms with Gasteiger partial charge in [-0.05, 0) is 98.9 Å². The zero-order valence-electron chi connectivity index (χ0n) is 40.9. The van der Waals surface area contributed by atoms with Crippen molar-refractivity contribution in [1.82, 2.24) is 29.9 Å². The number of carbonyl (C=O) groups is 1. The van der Waals surface area contributed by atoms with Crippen LogP contribution in [0.1, 0.15) is 62.2 Å². The number of rotatable bonds is 6. The van der Waals surface area contributed by atoms with Crippen molar-refractivity contribution in [2.75, 3.05) is 13.2 Å². The summed E-state index contributed by atoms with van der Waals surface area (Å²) in [5.41, 5.74) is 4.52. The summed E-state index contributed by atoms with van der Waals surface area (Å²) in [6.45, 7) is 6.16. The number of nitrogens with one attached hydrogen (secondary N) is 1. The second-order valence-electron chi connectivity index (χ2n) is 13.9. The maximum absolute atomic E-state index is 11.4. The van der Waals surface area contributed by atoms with Gasteiger partial charge in [0.1, 0.15) is 4.03 Å².